The van der Waals surface area contributed by atoms with Crippen LogP contribution in [0.4, 0.5) is 10.4 Å². The first-order valence-electron chi connectivity index (χ1n) is 8.24. The van der Waals surface area contributed by atoms with Gasteiger partial charge < -0.3 is 15.5 Å². The second-order valence-corrected chi connectivity index (χ2v) is 5.97. The van der Waals surface area contributed by atoms with E-state index in [4.69, 9.17) is 10.2 Å². The lowest BCUT2D eigenvalue weighted by molar-refractivity contribution is 0.0951. The van der Waals surface area contributed by atoms with Crippen molar-refractivity contribution in [3.8, 4) is 11.5 Å². The van der Waals surface area contributed by atoms with Crippen LogP contribution in [-0.2, 0) is 6.42 Å². The summed E-state index contributed by atoms with van der Waals surface area (Å²) in [7, 11) is 0. The van der Waals surface area contributed by atoms with Crippen molar-refractivity contribution >= 4 is 11.9 Å². The van der Waals surface area contributed by atoms with Gasteiger partial charge in [0.25, 0.3) is 5.91 Å². The number of aromatic nitrogens is 2. The standard InChI is InChI=1S/C17H21FN4O2/c1-2-10-8-12(11-4-5-11)14(16-21-22-17(19)24-16)9-13(10)15(23)20-7-3-6-18/h8-9,11H,2-7H2,1H3,(H2,19,22)(H,20,23). The molecule has 0 bridgehead atoms. The molecule has 6 nitrogen and oxygen atoms in total. The summed E-state index contributed by atoms with van der Waals surface area (Å²) < 4.78 is 17.6. The average molecular weight is 332 g/mol. The van der Waals surface area contributed by atoms with Crippen molar-refractivity contribution in [3.63, 3.8) is 0 Å². The second-order valence-electron chi connectivity index (χ2n) is 5.97. The molecule has 0 saturated heterocycles. The number of rotatable bonds is 7. The molecule has 24 heavy (non-hydrogen) atoms. The number of nitrogens with zero attached hydrogens (tertiary/aromatic N) is 2. The predicted octanol–water partition coefficient (Wildman–Crippen LogP) is 2.85. The molecule has 0 unspecified atom stereocenters. The molecule has 7 heteroatoms. The van der Waals surface area contributed by atoms with Gasteiger partial charge in [-0.15, -0.1) is 5.10 Å². The van der Waals surface area contributed by atoms with Crippen molar-refractivity contribution in [2.75, 3.05) is 19.0 Å². The van der Waals surface area contributed by atoms with E-state index < -0.39 is 6.67 Å². The van der Waals surface area contributed by atoms with Crippen LogP contribution in [0.3, 0.4) is 0 Å². The number of halogens is 1. The van der Waals surface area contributed by atoms with Gasteiger partial charge in [-0.2, -0.15) is 0 Å². The molecule has 0 radical (unpaired) electrons. The van der Waals surface area contributed by atoms with E-state index in [1.165, 1.54) is 0 Å². The van der Waals surface area contributed by atoms with E-state index in [-0.39, 0.29) is 11.9 Å². The van der Waals surface area contributed by atoms with Crippen molar-refractivity contribution in [1.29, 1.82) is 0 Å². The summed E-state index contributed by atoms with van der Waals surface area (Å²) in [4.78, 5) is 12.5. The van der Waals surface area contributed by atoms with E-state index in [0.29, 0.717) is 30.3 Å². The third kappa shape index (κ3) is 3.39. The molecule has 3 rings (SSSR count). The summed E-state index contributed by atoms with van der Waals surface area (Å²) in [6.07, 6.45) is 3.27. The van der Waals surface area contributed by atoms with Crippen LogP contribution in [-0.4, -0.2) is 29.3 Å². The number of nitrogens with one attached hydrogen (secondary N) is 1. The average Bonchev–Trinajstić information content (AvgIpc) is 3.35. The number of carbonyl (C=O) groups excluding carboxylic acids is 1. The minimum atomic E-state index is -0.450. The van der Waals surface area contributed by atoms with Gasteiger partial charge in [-0.05, 0) is 48.8 Å². The predicted molar refractivity (Wildman–Crippen MR) is 88.4 cm³/mol. The Labute approximate surface area is 139 Å². The zero-order chi connectivity index (χ0) is 17.1. The Morgan fingerprint density at radius 2 is 2.21 bits per heavy atom. The molecular formula is C17H21FN4O2. The first-order chi connectivity index (χ1) is 11.6. The maximum absolute atomic E-state index is 12.5. The summed E-state index contributed by atoms with van der Waals surface area (Å²) in [5.41, 5.74) is 8.94. The number of carbonyl (C=O) groups is 1. The highest BCUT2D eigenvalue weighted by Gasteiger charge is 2.30. The Kier molecular flexibility index (Phi) is 4.78. The van der Waals surface area contributed by atoms with Crippen LogP contribution in [0.25, 0.3) is 11.5 Å². The van der Waals surface area contributed by atoms with Crippen molar-refractivity contribution in [1.82, 2.24) is 15.5 Å². The Morgan fingerprint density at radius 3 is 2.79 bits per heavy atom. The first-order valence-corrected chi connectivity index (χ1v) is 8.24. The molecule has 1 amide bonds. The lowest BCUT2D eigenvalue weighted by Crippen LogP contribution is -2.26. The maximum Gasteiger partial charge on any atom is 0.313 e. The summed E-state index contributed by atoms with van der Waals surface area (Å²) in [5, 5.41) is 10.4. The zero-order valence-electron chi connectivity index (χ0n) is 13.6. The highest BCUT2D eigenvalue weighted by Crippen LogP contribution is 2.45. The van der Waals surface area contributed by atoms with Gasteiger partial charge in [0, 0.05) is 17.7 Å². The molecule has 1 fully saturated rings. The minimum Gasteiger partial charge on any atom is -0.404 e. The van der Waals surface area contributed by atoms with Gasteiger partial charge in [0.2, 0.25) is 5.89 Å². The fourth-order valence-corrected chi connectivity index (χ4v) is 2.79. The second kappa shape index (κ2) is 6.98. The number of alkyl halides is 1. The number of hydrogen-bond acceptors (Lipinski definition) is 5. The molecule has 1 aromatic carbocycles. The highest BCUT2D eigenvalue weighted by atomic mass is 19.1. The van der Waals surface area contributed by atoms with Crippen LogP contribution in [0.2, 0.25) is 0 Å². The number of hydrogen-bond donors (Lipinski definition) is 2. The van der Waals surface area contributed by atoms with Gasteiger partial charge >= 0.3 is 6.01 Å². The van der Waals surface area contributed by atoms with Crippen molar-refractivity contribution in [3.05, 3.63) is 28.8 Å². The summed E-state index contributed by atoms with van der Waals surface area (Å²) >= 11 is 0. The molecule has 1 aromatic heterocycles. The number of benzene rings is 1. The fourth-order valence-electron chi connectivity index (χ4n) is 2.79. The van der Waals surface area contributed by atoms with Crippen molar-refractivity contribution in [2.45, 2.75) is 38.5 Å². The molecule has 1 aliphatic rings. The Balaban J connectivity index is 2.00. The van der Waals surface area contributed by atoms with Gasteiger partial charge in [-0.25, -0.2) is 0 Å². The molecule has 1 heterocycles. The third-order valence-electron chi connectivity index (χ3n) is 4.19. The smallest absolute Gasteiger partial charge is 0.313 e. The Hall–Kier alpha value is -2.44. The lowest BCUT2D eigenvalue weighted by atomic mass is 9.93. The first kappa shape index (κ1) is 16.4. The molecule has 0 atom stereocenters. The van der Waals surface area contributed by atoms with E-state index >= 15 is 0 Å². The number of nitrogens with two attached hydrogens (primary N) is 1. The summed E-state index contributed by atoms with van der Waals surface area (Å²) in [5.74, 6) is 0.577. The largest absolute Gasteiger partial charge is 0.404 e. The topological polar surface area (TPSA) is 94.0 Å². The number of anilines is 1. The molecule has 0 spiro atoms. The highest BCUT2D eigenvalue weighted by molar-refractivity contribution is 5.97. The monoisotopic (exact) mass is 332 g/mol. The van der Waals surface area contributed by atoms with Crippen molar-refractivity contribution in [2.24, 2.45) is 0 Å². The van der Waals surface area contributed by atoms with Crippen LogP contribution >= 0.6 is 0 Å². The van der Waals surface area contributed by atoms with E-state index in [2.05, 4.69) is 21.6 Å². The van der Waals surface area contributed by atoms with Crippen LogP contribution in [0.1, 0.15) is 53.6 Å². The summed E-state index contributed by atoms with van der Waals surface area (Å²) in [6, 6.07) is 3.85. The Bertz CT molecular complexity index is 740. The molecule has 1 saturated carbocycles. The van der Waals surface area contributed by atoms with Gasteiger partial charge in [-0.3, -0.25) is 9.18 Å². The van der Waals surface area contributed by atoms with Gasteiger partial charge in [-0.1, -0.05) is 18.1 Å². The number of amides is 1. The fraction of sp³-hybridized carbons (Fsp3) is 0.471. The van der Waals surface area contributed by atoms with Gasteiger partial charge in [0.15, 0.2) is 0 Å². The molecule has 2 aromatic rings. The number of aryl methyl sites for hydroxylation is 1. The van der Waals surface area contributed by atoms with Crippen molar-refractivity contribution < 1.29 is 13.6 Å². The quantitative estimate of drug-likeness (QED) is 0.760. The molecule has 1 aliphatic carbocycles. The molecule has 128 valence electrons. The minimum absolute atomic E-state index is 0.000243. The van der Waals surface area contributed by atoms with E-state index in [9.17, 15) is 9.18 Å². The molecular weight excluding hydrogens is 311 g/mol. The molecule has 3 N–H and O–H groups in total. The summed E-state index contributed by atoms with van der Waals surface area (Å²) in [6.45, 7) is 1.87. The van der Waals surface area contributed by atoms with E-state index in [1.807, 2.05) is 6.92 Å². The SMILES string of the molecule is CCc1cc(C2CC2)c(-c2nnc(N)o2)cc1C(=O)NCCCF. The molecule has 0 aliphatic heterocycles. The normalized spacial score (nSPS) is 13.9. The lowest BCUT2D eigenvalue weighted by Gasteiger charge is -2.14. The number of nitrogen functional groups attached to an aromatic ring is 1. The van der Waals surface area contributed by atoms with E-state index in [1.54, 1.807) is 6.07 Å². The van der Waals surface area contributed by atoms with Crippen LogP contribution < -0.4 is 11.1 Å². The van der Waals surface area contributed by atoms with Crippen LogP contribution in [0, 0.1) is 0 Å². The Morgan fingerprint density at radius 1 is 1.42 bits per heavy atom. The zero-order valence-corrected chi connectivity index (χ0v) is 13.6. The maximum atomic E-state index is 12.5. The van der Waals surface area contributed by atoms with Crippen LogP contribution in [0.5, 0.6) is 0 Å². The van der Waals surface area contributed by atoms with E-state index in [0.717, 1.165) is 36.0 Å². The van der Waals surface area contributed by atoms with Crippen LogP contribution in [0.15, 0.2) is 16.5 Å². The van der Waals surface area contributed by atoms with Gasteiger partial charge in [0.05, 0.1) is 6.67 Å². The van der Waals surface area contributed by atoms with Gasteiger partial charge in [0.1, 0.15) is 0 Å². The third-order valence-corrected chi connectivity index (χ3v) is 4.19.